The van der Waals surface area contributed by atoms with E-state index in [4.69, 9.17) is 5.26 Å². The molecule has 0 saturated carbocycles. The van der Waals surface area contributed by atoms with Crippen LogP contribution in [0.3, 0.4) is 0 Å². The average molecular weight is 259 g/mol. The molecule has 1 amide bonds. The lowest BCUT2D eigenvalue weighted by Crippen LogP contribution is -2.63. The van der Waals surface area contributed by atoms with Gasteiger partial charge in [0.1, 0.15) is 0 Å². The molecule has 1 aliphatic rings. The average Bonchev–Trinajstić information content (AvgIpc) is 2.40. The number of piperazine rings is 1. The van der Waals surface area contributed by atoms with E-state index in [-0.39, 0.29) is 6.42 Å². The van der Waals surface area contributed by atoms with Crippen LogP contribution in [-0.2, 0) is 6.42 Å². The standard InChI is InChI=1S/C14H17N3O2/c15-7-6-14(10-12-4-2-1-3-5-12)11-16-8-9-17(14)13(18)19/h1-5,16H,6,8-11H2,(H,18,19)/t14-/m1/s1. The highest BCUT2D eigenvalue weighted by atomic mass is 16.4. The number of nitrogens with one attached hydrogen (secondary N) is 1. The Morgan fingerprint density at radius 3 is 2.84 bits per heavy atom. The molecule has 1 aromatic rings. The van der Waals surface area contributed by atoms with Gasteiger partial charge in [-0.15, -0.1) is 0 Å². The smallest absolute Gasteiger partial charge is 0.407 e. The third-order valence-electron chi connectivity index (χ3n) is 3.55. The predicted octanol–water partition coefficient (Wildman–Crippen LogP) is 1.46. The molecule has 2 rings (SSSR count). The molecule has 100 valence electrons. The van der Waals surface area contributed by atoms with E-state index in [2.05, 4.69) is 11.4 Å². The van der Waals surface area contributed by atoms with Crippen LogP contribution in [0.4, 0.5) is 4.79 Å². The molecule has 19 heavy (non-hydrogen) atoms. The maximum atomic E-state index is 11.4. The number of carbonyl (C=O) groups is 1. The van der Waals surface area contributed by atoms with E-state index in [0.717, 1.165) is 5.56 Å². The molecule has 1 fully saturated rings. The Hall–Kier alpha value is -2.06. The molecule has 1 atom stereocenters. The molecule has 2 N–H and O–H groups in total. The van der Waals surface area contributed by atoms with E-state index in [1.807, 2.05) is 30.3 Å². The topological polar surface area (TPSA) is 76.4 Å². The minimum Gasteiger partial charge on any atom is -0.465 e. The zero-order valence-electron chi connectivity index (χ0n) is 10.7. The largest absolute Gasteiger partial charge is 0.465 e. The Kier molecular flexibility index (Phi) is 4.03. The highest BCUT2D eigenvalue weighted by molar-refractivity contribution is 5.66. The van der Waals surface area contributed by atoms with Gasteiger partial charge >= 0.3 is 6.09 Å². The Morgan fingerprint density at radius 1 is 1.47 bits per heavy atom. The lowest BCUT2D eigenvalue weighted by molar-refractivity contribution is 0.0586. The van der Waals surface area contributed by atoms with Crippen molar-refractivity contribution in [3.63, 3.8) is 0 Å². The molecule has 1 saturated heterocycles. The number of carboxylic acid groups (broad SMARTS) is 1. The lowest BCUT2D eigenvalue weighted by Gasteiger charge is -2.45. The Morgan fingerprint density at radius 2 is 2.21 bits per heavy atom. The first kappa shape index (κ1) is 13.4. The molecule has 0 spiro atoms. The van der Waals surface area contributed by atoms with Gasteiger partial charge in [0.05, 0.1) is 18.0 Å². The monoisotopic (exact) mass is 259 g/mol. The molecule has 0 radical (unpaired) electrons. The van der Waals surface area contributed by atoms with Gasteiger partial charge in [-0.3, -0.25) is 4.90 Å². The highest BCUT2D eigenvalue weighted by Gasteiger charge is 2.41. The van der Waals surface area contributed by atoms with Crippen LogP contribution >= 0.6 is 0 Å². The van der Waals surface area contributed by atoms with Crippen molar-refractivity contribution in [1.82, 2.24) is 10.2 Å². The molecular formula is C14H17N3O2. The van der Waals surface area contributed by atoms with E-state index in [1.54, 1.807) is 0 Å². The molecule has 1 aromatic carbocycles. The second-order valence-corrected chi connectivity index (χ2v) is 4.83. The van der Waals surface area contributed by atoms with Gasteiger partial charge in [-0.25, -0.2) is 4.79 Å². The molecular weight excluding hydrogens is 242 g/mol. The molecule has 1 aliphatic heterocycles. The van der Waals surface area contributed by atoms with Gasteiger partial charge in [0.15, 0.2) is 0 Å². The Labute approximate surface area is 112 Å². The van der Waals surface area contributed by atoms with E-state index in [1.165, 1.54) is 4.90 Å². The number of rotatable bonds is 3. The number of amides is 1. The van der Waals surface area contributed by atoms with Crippen LogP contribution in [0.2, 0.25) is 0 Å². The van der Waals surface area contributed by atoms with Crippen LogP contribution in [0.1, 0.15) is 12.0 Å². The normalized spacial score (nSPS) is 22.8. The number of benzene rings is 1. The first-order valence-electron chi connectivity index (χ1n) is 6.30. The van der Waals surface area contributed by atoms with Crippen molar-refractivity contribution in [1.29, 1.82) is 5.26 Å². The first-order chi connectivity index (χ1) is 9.18. The fourth-order valence-electron chi connectivity index (χ4n) is 2.64. The Balaban J connectivity index is 2.30. The number of hydrogen-bond acceptors (Lipinski definition) is 3. The van der Waals surface area contributed by atoms with E-state index in [0.29, 0.717) is 26.1 Å². The summed E-state index contributed by atoms with van der Waals surface area (Å²) in [5.41, 5.74) is 0.382. The SMILES string of the molecule is N#CC[C@@]1(Cc2ccccc2)CNCCN1C(=O)O. The summed E-state index contributed by atoms with van der Waals surface area (Å²) < 4.78 is 0. The van der Waals surface area contributed by atoms with Crippen molar-refractivity contribution >= 4 is 6.09 Å². The maximum absolute atomic E-state index is 11.4. The fourth-order valence-corrected chi connectivity index (χ4v) is 2.64. The van der Waals surface area contributed by atoms with E-state index < -0.39 is 11.6 Å². The summed E-state index contributed by atoms with van der Waals surface area (Å²) in [7, 11) is 0. The van der Waals surface area contributed by atoms with Gasteiger partial charge in [0, 0.05) is 19.6 Å². The molecule has 1 heterocycles. The van der Waals surface area contributed by atoms with Crippen molar-refractivity contribution in [3.8, 4) is 6.07 Å². The van der Waals surface area contributed by atoms with Gasteiger partial charge in [-0.05, 0) is 12.0 Å². The molecule has 5 nitrogen and oxygen atoms in total. The second-order valence-electron chi connectivity index (χ2n) is 4.83. The third kappa shape index (κ3) is 2.85. The number of hydrogen-bond donors (Lipinski definition) is 2. The molecule has 0 aliphatic carbocycles. The summed E-state index contributed by atoms with van der Waals surface area (Å²) in [6.07, 6.45) is -0.199. The fraction of sp³-hybridized carbons (Fsp3) is 0.429. The van der Waals surface area contributed by atoms with Gasteiger partial charge in [-0.2, -0.15) is 5.26 Å². The zero-order valence-corrected chi connectivity index (χ0v) is 10.7. The molecule has 0 bridgehead atoms. The van der Waals surface area contributed by atoms with Crippen molar-refractivity contribution in [3.05, 3.63) is 35.9 Å². The highest BCUT2D eigenvalue weighted by Crippen LogP contribution is 2.26. The third-order valence-corrected chi connectivity index (χ3v) is 3.55. The van der Waals surface area contributed by atoms with Gasteiger partial charge in [0.2, 0.25) is 0 Å². The van der Waals surface area contributed by atoms with Gasteiger partial charge in [0.25, 0.3) is 0 Å². The van der Waals surface area contributed by atoms with Crippen molar-refractivity contribution in [2.75, 3.05) is 19.6 Å². The predicted molar refractivity (Wildman–Crippen MR) is 70.7 cm³/mol. The van der Waals surface area contributed by atoms with Crippen LogP contribution in [0.25, 0.3) is 0 Å². The van der Waals surface area contributed by atoms with Crippen molar-refractivity contribution in [2.45, 2.75) is 18.4 Å². The summed E-state index contributed by atoms with van der Waals surface area (Å²) >= 11 is 0. The minimum atomic E-state index is -0.951. The second kappa shape index (κ2) is 5.72. The quantitative estimate of drug-likeness (QED) is 0.861. The summed E-state index contributed by atoms with van der Waals surface area (Å²) in [4.78, 5) is 12.8. The summed E-state index contributed by atoms with van der Waals surface area (Å²) in [6, 6.07) is 11.9. The number of nitrogens with zero attached hydrogens (tertiary/aromatic N) is 2. The molecule has 0 unspecified atom stereocenters. The number of nitriles is 1. The maximum Gasteiger partial charge on any atom is 0.407 e. The summed E-state index contributed by atoms with van der Waals surface area (Å²) in [5, 5.41) is 21.6. The van der Waals surface area contributed by atoms with E-state index in [9.17, 15) is 9.90 Å². The summed E-state index contributed by atoms with van der Waals surface area (Å²) in [6.45, 7) is 1.57. The van der Waals surface area contributed by atoms with Crippen LogP contribution in [0.5, 0.6) is 0 Å². The summed E-state index contributed by atoms with van der Waals surface area (Å²) in [5.74, 6) is 0. The van der Waals surface area contributed by atoms with Crippen LogP contribution < -0.4 is 5.32 Å². The first-order valence-corrected chi connectivity index (χ1v) is 6.30. The Bertz CT molecular complexity index is 483. The lowest BCUT2D eigenvalue weighted by atomic mass is 9.85. The zero-order chi connectivity index (χ0) is 13.7. The van der Waals surface area contributed by atoms with Crippen LogP contribution in [0.15, 0.2) is 30.3 Å². The van der Waals surface area contributed by atoms with Crippen molar-refractivity contribution < 1.29 is 9.90 Å². The van der Waals surface area contributed by atoms with Crippen LogP contribution in [0, 0.1) is 11.3 Å². The van der Waals surface area contributed by atoms with Gasteiger partial charge < -0.3 is 10.4 Å². The van der Waals surface area contributed by atoms with Crippen molar-refractivity contribution in [2.24, 2.45) is 0 Å². The minimum absolute atomic E-state index is 0.196. The van der Waals surface area contributed by atoms with Gasteiger partial charge in [-0.1, -0.05) is 30.3 Å². The molecule has 0 aromatic heterocycles. The van der Waals surface area contributed by atoms with E-state index >= 15 is 0 Å². The molecule has 5 heteroatoms. The van der Waals surface area contributed by atoms with Crippen LogP contribution in [-0.4, -0.2) is 41.3 Å².